The molecular formula is C17H20F2N2O. The standard InChI is InChI=1S/C17H20F2N2O/c18-13-7-11-4-6-21(15(11)8-14(13)19)16(22)17-5-2-1-3-12(17)9-20-10-17/h7-8,12,20H,1-6,9-10H2/t12-,17+/m0/s1. The highest BCUT2D eigenvalue weighted by atomic mass is 19.2. The van der Waals surface area contributed by atoms with Gasteiger partial charge in [0, 0.05) is 19.2 Å². The Morgan fingerprint density at radius 1 is 1.27 bits per heavy atom. The van der Waals surface area contributed by atoms with Crippen molar-refractivity contribution in [3.63, 3.8) is 0 Å². The highest BCUT2D eigenvalue weighted by molar-refractivity contribution is 6.00. The number of nitrogens with zero attached hydrogens (tertiary/aromatic N) is 1. The maximum atomic E-state index is 13.6. The van der Waals surface area contributed by atoms with Gasteiger partial charge in [0.2, 0.25) is 5.91 Å². The van der Waals surface area contributed by atoms with Crippen LogP contribution in [0.1, 0.15) is 31.2 Å². The first kappa shape index (κ1) is 14.1. The Hall–Kier alpha value is -1.49. The Kier molecular flexibility index (Phi) is 3.22. The molecule has 2 aliphatic heterocycles. The van der Waals surface area contributed by atoms with E-state index in [2.05, 4.69) is 5.32 Å². The van der Waals surface area contributed by atoms with Crippen LogP contribution in [0.25, 0.3) is 0 Å². The fourth-order valence-corrected chi connectivity index (χ4v) is 4.53. The van der Waals surface area contributed by atoms with Gasteiger partial charge in [0.1, 0.15) is 0 Å². The molecule has 1 N–H and O–H groups in total. The van der Waals surface area contributed by atoms with Crippen LogP contribution in [0, 0.1) is 23.0 Å². The molecule has 1 aromatic carbocycles. The van der Waals surface area contributed by atoms with E-state index in [0.717, 1.165) is 31.4 Å². The minimum absolute atomic E-state index is 0.104. The SMILES string of the molecule is O=C(N1CCc2cc(F)c(F)cc21)[C@@]12CCCC[C@H]1CNC2. The molecule has 1 saturated carbocycles. The lowest BCUT2D eigenvalue weighted by molar-refractivity contribution is -0.131. The zero-order chi connectivity index (χ0) is 15.3. The van der Waals surface area contributed by atoms with Gasteiger partial charge in [-0.3, -0.25) is 4.79 Å². The first-order valence-corrected chi connectivity index (χ1v) is 8.12. The van der Waals surface area contributed by atoms with Crippen molar-refractivity contribution < 1.29 is 13.6 Å². The molecule has 0 bridgehead atoms. The quantitative estimate of drug-likeness (QED) is 0.865. The highest BCUT2D eigenvalue weighted by Crippen LogP contribution is 2.46. The van der Waals surface area contributed by atoms with Crippen LogP contribution in [0.2, 0.25) is 0 Å². The van der Waals surface area contributed by atoms with Crippen LogP contribution in [0.4, 0.5) is 14.5 Å². The van der Waals surface area contributed by atoms with Crippen molar-refractivity contribution in [2.45, 2.75) is 32.1 Å². The normalized spacial score (nSPS) is 30.3. The van der Waals surface area contributed by atoms with Gasteiger partial charge in [-0.2, -0.15) is 0 Å². The summed E-state index contributed by atoms with van der Waals surface area (Å²) in [5.41, 5.74) is 0.960. The Labute approximate surface area is 128 Å². The molecule has 0 spiro atoms. The molecule has 1 saturated heterocycles. The second-order valence-corrected chi connectivity index (χ2v) is 6.83. The Morgan fingerprint density at radius 2 is 2.09 bits per heavy atom. The third kappa shape index (κ3) is 1.91. The van der Waals surface area contributed by atoms with Crippen molar-refractivity contribution in [3.05, 3.63) is 29.3 Å². The summed E-state index contributed by atoms with van der Waals surface area (Å²) >= 11 is 0. The summed E-state index contributed by atoms with van der Waals surface area (Å²) in [7, 11) is 0. The number of rotatable bonds is 1. The van der Waals surface area contributed by atoms with Crippen LogP contribution < -0.4 is 10.2 Å². The predicted octanol–water partition coefficient (Wildman–Crippen LogP) is 2.63. The minimum Gasteiger partial charge on any atom is -0.315 e. The van der Waals surface area contributed by atoms with Gasteiger partial charge in [0.15, 0.2) is 11.6 Å². The molecule has 3 aliphatic rings. The minimum atomic E-state index is -0.874. The molecule has 22 heavy (non-hydrogen) atoms. The number of carbonyl (C=O) groups is 1. The van der Waals surface area contributed by atoms with Crippen LogP contribution >= 0.6 is 0 Å². The second-order valence-electron chi connectivity index (χ2n) is 6.83. The summed E-state index contributed by atoms with van der Waals surface area (Å²) in [4.78, 5) is 14.9. The summed E-state index contributed by atoms with van der Waals surface area (Å²) in [6.45, 7) is 2.14. The van der Waals surface area contributed by atoms with Crippen molar-refractivity contribution >= 4 is 11.6 Å². The number of halogens is 2. The molecule has 5 heteroatoms. The Bertz CT molecular complexity index is 633. The Balaban J connectivity index is 1.69. The lowest BCUT2D eigenvalue weighted by Gasteiger charge is -2.40. The largest absolute Gasteiger partial charge is 0.315 e. The van der Waals surface area contributed by atoms with E-state index in [1.54, 1.807) is 4.90 Å². The van der Waals surface area contributed by atoms with Gasteiger partial charge in [-0.1, -0.05) is 12.8 Å². The molecule has 2 atom stereocenters. The van der Waals surface area contributed by atoms with Crippen molar-refractivity contribution in [3.8, 4) is 0 Å². The zero-order valence-electron chi connectivity index (χ0n) is 12.5. The average molecular weight is 306 g/mol. The van der Waals surface area contributed by atoms with E-state index in [4.69, 9.17) is 0 Å². The molecule has 2 heterocycles. The number of fused-ring (bicyclic) bond motifs is 2. The van der Waals surface area contributed by atoms with E-state index in [1.165, 1.54) is 18.6 Å². The summed E-state index contributed by atoms with van der Waals surface area (Å²) in [6, 6.07) is 2.42. The number of nitrogens with one attached hydrogen (secondary N) is 1. The van der Waals surface area contributed by atoms with Gasteiger partial charge in [0.05, 0.1) is 11.1 Å². The summed E-state index contributed by atoms with van der Waals surface area (Å²) in [5.74, 6) is -1.22. The summed E-state index contributed by atoms with van der Waals surface area (Å²) in [5, 5.41) is 3.37. The first-order valence-electron chi connectivity index (χ1n) is 8.12. The fraction of sp³-hybridized carbons (Fsp3) is 0.588. The summed E-state index contributed by atoms with van der Waals surface area (Å²) < 4.78 is 27.0. The van der Waals surface area contributed by atoms with Crippen molar-refractivity contribution in [1.29, 1.82) is 0 Å². The summed E-state index contributed by atoms with van der Waals surface area (Å²) in [6.07, 6.45) is 4.84. The topological polar surface area (TPSA) is 32.3 Å². The highest BCUT2D eigenvalue weighted by Gasteiger charge is 2.52. The molecular weight excluding hydrogens is 286 g/mol. The first-order chi connectivity index (χ1) is 10.6. The van der Waals surface area contributed by atoms with Crippen LogP contribution in [0.15, 0.2) is 12.1 Å². The number of hydrogen-bond donors (Lipinski definition) is 1. The molecule has 1 aromatic rings. The Morgan fingerprint density at radius 3 is 2.95 bits per heavy atom. The van der Waals surface area contributed by atoms with Crippen molar-refractivity contribution in [2.24, 2.45) is 11.3 Å². The van der Waals surface area contributed by atoms with Gasteiger partial charge >= 0.3 is 0 Å². The average Bonchev–Trinajstić information content (AvgIpc) is 3.11. The van der Waals surface area contributed by atoms with E-state index in [9.17, 15) is 13.6 Å². The van der Waals surface area contributed by atoms with Crippen LogP contribution in [-0.2, 0) is 11.2 Å². The number of carbonyl (C=O) groups excluding carboxylic acids is 1. The molecule has 118 valence electrons. The third-order valence-electron chi connectivity index (χ3n) is 5.73. The van der Waals surface area contributed by atoms with Gasteiger partial charge in [0.25, 0.3) is 0 Å². The molecule has 2 fully saturated rings. The maximum Gasteiger partial charge on any atom is 0.234 e. The monoisotopic (exact) mass is 306 g/mol. The van der Waals surface area contributed by atoms with E-state index in [-0.39, 0.29) is 11.3 Å². The van der Waals surface area contributed by atoms with Gasteiger partial charge in [-0.25, -0.2) is 8.78 Å². The van der Waals surface area contributed by atoms with Crippen LogP contribution in [0.5, 0.6) is 0 Å². The van der Waals surface area contributed by atoms with Crippen molar-refractivity contribution in [1.82, 2.24) is 5.32 Å². The lowest BCUT2D eigenvalue weighted by atomic mass is 9.67. The third-order valence-corrected chi connectivity index (χ3v) is 5.73. The molecule has 4 rings (SSSR count). The van der Waals surface area contributed by atoms with Crippen LogP contribution in [-0.4, -0.2) is 25.5 Å². The molecule has 0 aromatic heterocycles. The predicted molar refractivity (Wildman–Crippen MR) is 79.7 cm³/mol. The fourth-order valence-electron chi connectivity index (χ4n) is 4.53. The number of anilines is 1. The van der Waals surface area contributed by atoms with E-state index < -0.39 is 11.6 Å². The van der Waals surface area contributed by atoms with Gasteiger partial charge in [-0.05, 0) is 43.4 Å². The van der Waals surface area contributed by atoms with Gasteiger partial charge in [-0.15, -0.1) is 0 Å². The van der Waals surface area contributed by atoms with Crippen molar-refractivity contribution in [2.75, 3.05) is 24.5 Å². The second kappa shape index (κ2) is 5.01. The zero-order valence-corrected chi connectivity index (χ0v) is 12.5. The number of benzene rings is 1. The number of amides is 1. The molecule has 3 nitrogen and oxygen atoms in total. The smallest absolute Gasteiger partial charge is 0.234 e. The molecule has 0 radical (unpaired) electrons. The lowest BCUT2D eigenvalue weighted by Crippen LogP contribution is -2.49. The van der Waals surface area contributed by atoms with E-state index in [1.807, 2.05) is 0 Å². The van der Waals surface area contributed by atoms with Gasteiger partial charge < -0.3 is 10.2 Å². The molecule has 0 unspecified atom stereocenters. The molecule has 1 aliphatic carbocycles. The van der Waals surface area contributed by atoms with Crippen LogP contribution in [0.3, 0.4) is 0 Å². The van der Waals surface area contributed by atoms with E-state index >= 15 is 0 Å². The maximum absolute atomic E-state index is 13.6. The van der Waals surface area contributed by atoms with E-state index in [0.29, 0.717) is 31.1 Å². The molecule has 1 amide bonds. The number of hydrogen-bond acceptors (Lipinski definition) is 2.